The summed E-state index contributed by atoms with van der Waals surface area (Å²) in [6.07, 6.45) is 0.940. The first-order valence-corrected chi connectivity index (χ1v) is 10.7. The van der Waals surface area contributed by atoms with Crippen LogP contribution in [0.1, 0.15) is 42.6 Å². The van der Waals surface area contributed by atoms with Gasteiger partial charge in [0, 0.05) is 25.1 Å². The zero-order chi connectivity index (χ0) is 22.9. The Morgan fingerprint density at radius 3 is 2.38 bits per heavy atom. The highest BCUT2D eigenvalue weighted by molar-refractivity contribution is 5.94. The van der Waals surface area contributed by atoms with Crippen molar-refractivity contribution in [1.82, 2.24) is 10.2 Å². The molecular formula is C24H26F2N2O4. The molecule has 0 saturated carbocycles. The van der Waals surface area contributed by atoms with Gasteiger partial charge in [0.1, 0.15) is 24.8 Å². The zero-order valence-electron chi connectivity index (χ0n) is 18.1. The summed E-state index contributed by atoms with van der Waals surface area (Å²) in [4.78, 5) is 27.0. The molecule has 2 aromatic carbocycles. The highest BCUT2D eigenvalue weighted by atomic mass is 19.1. The van der Waals surface area contributed by atoms with Crippen molar-refractivity contribution in [3.63, 3.8) is 0 Å². The first-order valence-electron chi connectivity index (χ1n) is 10.7. The van der Waals surface area contributed by atoms with Gasteiger partial charge in [0.15, 0.2) is 11.5 Å². The Morgan fingerprint density at radius 1 is 1.00 bits per heavy atom. The molecule has 4 rings (SSSR count). The van der Waals surface area contributed by atoms with E-state index in [4.69, 9.17) is 9.47 Å². The Hall–Kier alpha value is -3.16. The number of carbonyl (C=O) groups excluding carboxylic acids is 2. The van der Waals surface area contributed by atoms with Gasteiger partial charge in [0.25, 0.3) is 5.91 Å². The normalized spacial score (nSPS) is 16.6. The van der Waals surface area contributed by atoms with Crippen LogP contribution in [-0.2, 0) is 10.3 Å². The van der Waals surface area contributed by atoms with Gasteiger partial charge >= 0.3 is 0 Å². The van der Waals surface area contributed by atoms with Crippen molar-refractivity contribution in [3.05, 3.63) is 59.2 Å². The summed E-state index contributed by atoms with van der Waals surface area (Å²) < 4.78 is 38.3. The average Bonchev–Trinajstić information content (AvgIpc) is 2.78. The number of nitrogens with one attached hydrogen (secondary N) is 1. The van der Waals surface area contributed by atoms with Gasteiger partial charge in [-0.05, 0) is 56.5 Å². The summed E-state index contributed by atoms with van der Waals surface area (Å²) in [5, 5.41) is 3.10. The SMILES string of the molecule is CC(C)(NC(=O)C1CCN(C(=O)c2ccc(F)cc2F)CC1)c1ccc2c(c1)OCCO2. The van der Waals surface area contributed by atoms with Crippen LogP contribution in [0, 0.1) is 17.6 Å². The van der Waals surface area contributed by atoms with Gasteiger partial charge in [-0.2, -0.15) is 0 Å². The fourth-order valence-electron chi connectivity index (χ4n) is 4.09. The molecule has 0 aliphatic carbocycles. The monoisotopic (exact) mass is 444 g/mol. The first kappa shape index (κ1) is 22.0. The molecule has 0 atom stereocenters. The topological polar surface area (TPSA) is 67.9 Å². The molecule has 1 fully saturated rings. The number of ether oxygens (including phenoxy) is 2. The molecule has 6 nitrogen and oxygen atoms in total. The quantitative estimate of drug-likeness (QED) is 0.782. The Balaban J connectivity index is 1.36. The molecule has 0 unspecified atom stereocenters. The van der Waals surface area contributed by atoms with Gasteiger partial charge in [0.2, 0.25) is 5.91 Å². The number of hydrogen-bond donors (Lipinski definition) is 1. The van der Waals surface area contributed by atoms with Gasteiger partial charge in [-0.15, -0.1) is 0 Å². The van der Waals surface area contributed by atoms with Crippen molar-refractivity contribution in [2.45, 2.75) is 32.2 Å². The van der Waals surface area contributed by atoms with Crippen molar-refractivity contribution in [1.29, 1.82) is 0 Å². The van der Waals surface area contributed by atoms with E-state index in [1.54, 1.807) is 0 Å². The van der Waals surface area contributed by atoms with Crippen LogP contribution in [0.25, 0.3) is 0 Å². The summed E-state index contributed by atoms with van der Waals surface area (Å²) in [7, 11) is 0. The van der Waals surface area contributed by atoms with E-state index in [1.165, 1.54) is 4.90 Å². The van der Waals surface area contributed by atoms with E-state index in [1.807, 2.05) is 32.0 Å². The summed E-state index contributed by atoms with van der Waals surface area (Å²) in [6.45, 7) is 5.51. The number of halogens is 2. The number of hydrogen-bond acceptors (Lipinski definition) is 4. The molecule has 0 aromatic heterocycles. The molecule has 0 bridgehead atoms. The van der Waals surface area contributed by atoms with Crippen LogP contribution < -0.4 is 14.8 Å². The van der Waals surface area contributed by atoms with Crippen LogP contribution in [0.4, 0.5) is 8.78 Å². The largest absolute Gasteiger partial charge is 0.486 e. The lowest BCUT2D eigenvalue weighted by molar-refractivity contribution is -0.128. The van der Waals surface area contributed by atoms with E-state index in [0.717, 1.165) is 17.7 Å². The first-order chi connectivity index (χ1) is 15.2. The summed E-state index contributed by atoms with van der Waals surface area (Å²) in [6, 6.07) is 8.56. The van der Waals surface area contributed by atoms with Crippen LogP contribution >= 0.6 is 0 Å². The number of rotatable bonds is 4. The standard InChI is InChI=1S/C24H26F2N2O4/c1-24(2,16-3-6-20-21(13-16)32-12-11-31-20)27-22(29)15-7-9-28(10-8-15)23(30)18-5-4-17(25)14-19(18)26/h3-6,13-15H,7-12H2,1-2H3,(H,27,29). The minimum absolute atomic E-state index is 0.0926. The molecule has 8 heteroatoms. The van der Waals surface area contributed by atoms with Crippen LogP contribution in [0.5, 0.6) is 11.5 Å². The zero-order valence-corrected chi connectivity index (χ0v) is 18.1. The van der Waals surface area contributed by atoms with Crippen LogP contribution in [0.3, 0.4) is 0 Å². The van der Waals surface area contributed by atoms with E-state index in [0.29, 0.717) is 56.7 Å². The maximum Gasteiger partial charge on any atom is 0.256 e. The third kappa shape index (κ3) is 4.54. The Morgan fingerprint density at radius 2 is 1.69 bits per heavy atom. The van der Waals surface area contributed by atoms with E-state index >= 15 is 0 Å². The third-order valence-electron chi connectivity index (χ3n) is 6.01. The van der Waals surface area contributed by atoms with Gasteiger partial charge in [-0.3, -0.25) is 9.59 Å². The van der Waals surface area contributed by atoms with Crippen LogP contribution in [0.15, 0.2) is 36.4 Å². The van der Waals surface area contributed by atoms with Crippen molar-refractivity contribution in [2.24, 2.45) is 5.92 Å². The second kappa shape index (κ2) is 8.76. The predicted molar refractivity (Wildman–Crippen MR) is 114 cm³/mol. The lowest BCUT2D eigenvalue weighted by Gasteiger charge is -2.34. The molecule has 2 aliphatic heterocycles. The molecule has 1 N–H and O–H groups in total. The molecule has 170 valence electrons. The van der Waals surface area contributed by atoms with Crippen molar-refractivity contribution >= 4 is 11.8 Å². The maximum atomic E-state index is 13.9. The Kier molecular flexibility index (Phi) is 6.04. The lowest BCUT2D eigenvalue weighted by Crippen LogP contribution is -2.48. The second-order valence-corrected chi connectivity index (χ2v) is 8.66. The van der Waals surface area contributed by atoms with Gasteiger partial charge in [0.05, 0.1) is 11.1 Å². The molecule has 2 amide bonds. The molecule has 2 heterocycles. The van der Waals surface area contributed by atoms with Crippen LogP contribution in [-0.4, -0.2) is 43.0 Å². The number of benzene rings is 2. The molecule has 0 spiro atoms. The Bertz CT molecular complexity index is 1030. The number of carbonyl (C=O) groups is 2. The summed E-state index contributed by atoms with van der Waals surface area (Å²) in [5.74, 6) is -1.09. The maximum absolute atomic E-state index is 13.9. The molecule has 1 saturated heterocycles. The molecule has 0 radical (unpaired) electrons. The van der Waals surface area contributed by atoms with E-state index in [9.17, 15) is 18.4 Å². The summed E-state index contributed by atoms with van der Waals surface area (Å²) >= 11 is 0. The smallest absolute Gasteiger partial charge is 0.256 e. The highest BCUT2D eigenvalue weighted by Crippen LogP contribution is 2.34. The molecule has 32 heavy (non-hydrogen) atoms. The third-order valence-corrected chi connectivity index (χ3v) is 6.01. The number of likely N-dealkylation sites (tertiary alicyclic amines) is 1. The molecular weight excluding hydrogens is 418 g/mol. The van der Waals surface area contributed by atoms with Crippen LogP contribution in [0.2, 0.25) is 0 Å². The van der Waals surface area contributed by atoms with Crippen molar-refractivity contribution in [2.75, 3.05) is 26.3 Å². The van der Waals surface area contributed by atoms with Gasteiger partial charge < -0.3 is 19.7 Å². The number of nitrogens with zero attached hydrogens (tertiary/aromatic N) is 1. The van der Waals surface area contributed by atoms with E-state index in [2.05, 4.69) is 5.32 Å². The lowest BCUT2D eigenvalue weighted by atomic mass is 9.90. The predicted octanol–water partition coefficient (Wildman–Crippen LogP) is 3.64. The van der Waals surface area contributed by atoms with Crippen molar-refractivity contribution in [3.8, 4) is 11.5 Å². The minimum Gasteiger partial charge on any atom is -0.486 e. The summed E-state index contributed by atoms with van der Waals surface area (Å²) in [5.41, 5.74) is 0.112. The van der Waals surface area contributed by atoms with Crippen molar-refractivity contribution < 1.29 is 27.8 Å². The number of fused-ring (bicyclic) bond motifs is 1. The second-order valence-electron chi connectivity index (χ2n) is 8.66. The minimum atomic E-state index is -0.879. The average molecular weight is 444 g/mol. The molecule has 2 aliphatic rings. The number of amides is 2. The van der Waals surface area contributed by atoms with E-state index < -0.39 is 23.1 Å². The molecule has 2 aromatic rings. The van der Waals surface area contributed by atoms with Gasteiger partial charge in [-0.1, -0.05) is 6.07 Å². The fraction of sp³-hybridized carbons (Fsp3) is 0.417. The highest BCUT2D eigenvalue weighted by Gasteiger charge is 2.32. The van der Waals surface area contributed by atoms with E-state index in [-0.39, 0.29) is 17.4 Å². The fourth-order valence-corrected chi connectivity index (χ4v) is 4.09. The number of piperidine rings is 1. The Labute approximate surface area is 185 Å². The van der Waals surface area contributed by atoms with Gasteiger partial charge in [-0.25, -0.2) is 8.78 Å².